The lowest BCUT2D eigenvalue weighted by Crippen LogP contribution is -2.37. The molecule has 2 unspecified atom stereocenters. The van der Waals surface area contributed by atoms with Gasteiger partial charge in [-0.05, 0) is 56.4 Å². The molecule has 27 heavy (non-hydrogen) atoms. The summed E-state index contributed by atoms with van der Waals surface area (Å²) < 4.78 is 5.54. The van der Waals surface area contributed by atoms with Crippen LogP contribution in [-0.4, -0.2) is 29.7 Å². The van der Waals surface area contributed by atoms with Crippen LogP contribution in [0.15, 0.2) is 54.6 Å². The molecule has 1 aliphatic carbocycles. The van der Waals surface area contributed by atoms with E-state index in [0.29, 0.717) is 5.92 Å². The highest BCUT2D eigenvalue weighted by atomic mass is 16.6. The van der Waals surface area contributed by atoms with E-state index in [1.165, 1.54) is 17.5 Å². The summed E-state index contributed by atoms with van der Waals surface area (Å²) >= 11 is 0. The molecule has 1 amide bonds. The first-order valence-electron chi connectivity index (χ1n) is 9.72. The summed E-state index contributed by atoms with van der Waals surface area (Å²) in [6, 6.07) is 19.1. The van der Waals surface area contributed by atoms with E-state index in [1.807, 2.05) is 31.7 Å². The normalized spacial score (nSPS) is 23.7. The zero-order valence-electron chi connectivity index (χ0n) is 16.4. The summed E-state index contributed by atoms with van der Waals surface area (Å²) in [5.41, 5.74) is 3.42. The highest BCUT2D eigenvalue weighted by molar-refractivity contribution is 5.70. The van der Waals surface area contributed by atoms with E-state index in [4.69, 9.17) is 4.74 Å². The Balaban J connectivity index is 1.38. The molecule has 0 aromatic heterocycles. The van der Waals surface area contributed by atoms with Crippen LogP contribution in [0.5, 0.6) is 0 Å². The van der Waals surface area contributed by atoms with Gasteiger partial charge in [0.15, 0.2) is 0 Å². The van der Waals surface area contributed by atoms with Gasteiger partial charge in [-0.3, -0.25) is 0 Å². The molecular weight excluding hydrogens is 336 g/mol. The third kappa shape index (κ3) is 3.80. The van der Waals surface area contributed by atoms with Gasteiger partial charge in [-0.25, -0.2) is 4.79 Å². The number of ether oxygens (including phenoxy) is 1. The van der Waals surface area contributed by atoms with Crippen molar-refractivity contribution in [3.63, 3.8) is 0 Å². The number of rotatable bonds is 4. The molecule has 142 valence electrons. The zero-order valence-corrected chi connectivity index (χ0v) is 16.4. The molecule has 1 saturated carbocycles. The van der Waals surface area contributed by atoms with Crippen molar-refractivity contribution in [2.45, 2.75) is 44.8 Å². The Morgan fingerprint density at radius 2 is 1.85 bits per heavy atom. The maximum absolute atomic E-state index is 12.4. The minimum atomic E-state index is -0.441. The van der Waals surface area contributed by atoms with Crippen molar-refractivity contribution in [2.75, 3.05) is 18.4 Å². The SMILES string of the molecule is CC(C)(C)OC(=O)N1CC2CC2(c2ccc(NCc3ccccc3)cc2)C1. The zero-order chi connectivity index (χ0) is 19.1. The fourth-order valence-corrected chi connectivity index (χ4v) is 4.12. The molecule has 2 fully saturated rings. The molecule has 1 aliphatic heterocycles. The van der Waals surface area contributed by atoms with Gasteiger partial charge in [0, 0.05) is 30.7 Å². The van der Waals surface area contributed by atoms with Crippen molar-refractivity contribution in [3.05, 3.63) is 65.7 Å². The van der Waals surface area contributed by atoms with E-state index in [1.54, 1.807) is 0 Å². The second-order valence-electron chi connectivity index (χ2n) is 8.83. The minimum Gasteiger partial charge on any atom is -0.444 e. The standard InChI is InChI=1S/C23H28N2O2/c1-22(2,3)27-21(26)25-15-19-13-23(19,16-25)18-9-11-20(12-10-18)24-14-17-7-5-4-6-8-17/h4-12,19,24H,13-16H2,1-3H3. The molecule has 0 radical (unpaired) electrons. The predicted molar refractivity (Wildman–Crippen MR) is 108 cm³/mol. The van der Waals surface area contributed by atoms with Crippen molar-refractivity contribution < 1.29 is 9.53 Å². The van der Waals surface area contributed by atoms with E-state index < -0.39 is 5.60 Å². The number of amides is 1. The Morgan fingerprint density at radius 3 is 2.52 bits per heavy atom. The number of anilines is 1. The van der Waals surface area contributed by atoms with Gasteiger partial charge in [-0.15, -0.1) is 0 Å². The van der Waals surface area contributed by atoms with Crippen LogP contribution in [0, 0.1) is 5.92 Å². The number of likely N-dealkylation sites (tertiary alicyclic amines) is 1. The number of hydrogen-bond acceptors (Lipinski definition) is 3. The summed E-state index contributed by atoms with van der Waals surface area (Å²) in [4.78, 5) is 14.2. The number of nitrogens with one attached hydrogen (secondary N) is 1. The molecular formula is C23H28N2O2. The number of carbonyl (C=O) groups is 1. The monoisotopic (exact) mass is 364 g/mol. The van der Waals surface area contributed by atoms with Crippen molar-refractivity contribution in [1.29, 1.82) is 0 Å². The van der Waals surface area contributed by atoms with Gasteiger partial charge in [0.25, 0.3) is 0 Å². The number of fused-ring (bicyclic) bond motifs is 1. The Bertz CT molecular complexity index is 811. The number of nitrogens with zero attached hydrogens (tertiary/aromatic N) is 1. The molecule has 4 nitrogen and oxygen atoms in total. The van der Waals surface area contributed by atoms with Gasteiger partial charge in [0.1, 0.15) is 5.60 Å². The Morgan fingerprint density at radius 1 is 1.15 bits per heavy atom. The van der Waals surface area contributed by atoms with Crippen molar-refractivity contribution in [1.82, 2.24) is 4.90 Å². The van der Waals surface area contributed by atoms with Gasteiger partial charge in [-0.2, -0.15) is 0 Å². The minimum absolute atomic E-state index is 0.134. The smallest absolute Gasteiger partial charge is 0.410 e. The molecule has 2 atom stereocenters. The highest BCUT2D eigenvalue weighted by Gasteiger charge is 2.62. The van der Waals surface area contributed by atoms with Gasteiger partial charge in [0.2, 0.25) is 0 Å². The fourth-order valence-electron chi connectivity index (χ4n) is 4.12. The van der Waals surface area contributed by atoms with E-state index in [0.717, 1.165) is 25.3 Å². The van der Waals surface area contributed by atoms with Crippen LogP contribution in [0.4, 0.5) is 10.5 Å². The van der Waals surface area contributed by atoms with Crippen LogP contribution in [0.1, 0.15) is 38.3 Å². The van der Waals surface area contributed by atoms with Crippen LogP contribution >= 0.6 is 0 Å². The molecule has 4 heteroatoms. The Labute approximate surface area is 161 Å². The highest BCUT2D eigenvalue weighted by Crippen LogP contribution is 2.59. The molecule has 1 N–H and O–H groups in total. The molecule has 4 rings (SSSR count). The first-order valence-corrected chi connectivity index (χ1v) is 9.72. The Kier molecular flexibility index (Phi) is 4.37. The maximum Gasteiger partial charge on any atom is 0.410 e. The molecule has 2 aromatic rings. The number of benzene rings is 2. The largest absolute Gasteiger partial charge is 0.444 e. The van der Waals surface area contributed by atoms with Gasteiger partial charge in [0.05, 0.1) is 0 Å². The number of carbonyl (C=O) groups excluding carboxylic acids is 1. The summed E-state index contributed by atoms with van der Waals surface area (Å²) in [6.45, 7) is 8.14. The van der Waals surface area contributed by atoms with Crippen LogP contribution in [-0.2, 0) is 16.7 Å². The lowest BCUT2D eigenvalue weighted by atomic mass is 9.95. The van der Waals surface area contributed by atoms with Crippen molar-refractivity contribution in [3.8, 4) is 0 Å². The maximum atomic E-state index is 12.4. The quantitative estimate of drug-likeness (QED) is 0.847. The second-order valence-corrected chi connectivity index (χ2v) is 8.83. The summed E-state index contributed by atoms with van der Waals surface area (Å²) in [5.74, 6) is 0.563. The molecule has 2 aliphatic rings. The third-order valence-electron chi connectivity index (χ3n) is 5.60. The summed E-state index contributed by atoms with van der Waals surface area (Å²) in [5, 5.41) is 3.47. The molecule has 1 heterocycles. The van der Waals surface area contributed by atoms with Gasteiger partial charge >= 0.3 is 6.09 Å². The predicted octanol–water partition coefficient (Wildman–Crippen LogP) is 4.81. The van der Waals surface area contributed by atoms with E-state index in [-0.39, 0.29) is 11.5 Å². The molecule has 2 aromatic carbocycles. The summed E-state index contributed by atoms with van der Waals surface area (Å²) in [6.07, 6.45) is 0.985. The van der Waals surface area contributed by atoms with E-state index in [9.17, 15) is 4.79 Å². The average Bonchev–Trinajstić information content (AvgIpc) is 3.21. The van der Waals surface area contributed by atoms with Crippen molar-refractivity contribution >= 4 is 11.8 Å². The average molecular weight is 364 g/mol. The first-order chi connectivity index (χ1) is 12.9. The summed E-state index contributed by atoms with van der Waals surface area (Å²) in [7, 11) is 0. The number of piperidine rings is 1. The topological polar surface area (TPSA) is 41.6 Å². The van der Waals surface area contributed by atoms with Crippen LogP contribution in [0.2, 0.25) is 0 Å². The van der Waals surface area contributed by atoms with Crippen LogP contribution in [0.3, 0.4) is 0 Å². The van der Waals surface area contributed by atoms with Crippen LogP contribution in [0.25, 0.3) is 0 Å². The second kappa shape index (κ2) is 6.59. The lowest BCUT2D eigenvalue weighted by molar-refractivity contribution is 0.0270. The van der Waals surface area contributed by atoms with Gasteiger partial charge < -0.3 is 15.0 Å². The molecule has 0 spiro atoms. The van der Waals surface area contributed by atoms with Crippen molar-refractivity contribution in [2.24, 2.45) is 5.92 Å². The van der Waals surface area contributed by atoms with Crippen LogP contribution < -0.4 is 5.32 Å². The van der Waals surface area contributed by atoms with E-state index in [2.05, 4.69) is 53.8 Å². The molecule has 1 saturated heterocycles. The van der Waals surface area contributed by atoms with Gasteiger partial charge in [-0.1, -0.05) is 42.5 Å². The number of hydrogen-bond donors (Lipinski definition) is 1. The van der Waals surface area contributed by atoms with E-state index >= 15 is 0 Å². The third-order valence-corrected chi connectivity index (χ3v) is 5.60. The lowest BCUT2D eigenvalue weighted by Gasteiger charge is -2.26. The Hall–Kier alpha value is -2.49. The fraction of sp³-hybridized carbons (Fsp3) is 0.435. The first kappa shape index (κ1) is 17.9. The molecule has 0 bridgehead atoms.